The minimum Gasteiger partial charge on any atom is -0.480 e. The zero-order chi connectivity index (χ0) is 18.3. The fraction of sp³-hybridized carbons (Fsp3) is 0.444. The SMILES string of the molecule is O=C(O)[C@@H]1C[C@H]2CCCC[C@@H]2N1C(=O)c1ccc(-n2cncn2)c(F)c1. The summed E-state index contributed by atoms with van der Waals surface area (Å²) >= 11 is 0. The van der Waals surface area contributed by atoms with Crippen LogP contribution < -0.4 is 0 Å². The van der Waals surface area contributed by atoms with Crippen LogP contribution in [0.2, 0.25) is 0 Å². The van der Waals surface area contributed by atoms with Crippen molar-refractivity contribution < 1.29 is 19.1 Å². The third-order valence-corrected chi connectivity index (χ3v) is 5.47. The van der Waals surface area contributed by atoms with E-state index in [1.165, 1.54) is 34.4 Å². The molecule has 26 heavy (non-hydrogen) atoms. The average molecular weight is 358 g/mol. The number of likely N-dealkylation sites (tertiary alicyclic amines) is 1. The van der Waals surface area contributed by atoms with E-state index in [2.05, 4.69) is 10.1 Å². The summed E-state index contributed by atoms with van der Waals surface area (Å²) < 4.78 is 15.7. The van der Waals surface area contributed by atoms with Crippen molar-refractivity contribution in [2.24, 2.45) is 5.92 Å². The van der Waals surface area contributed by atoms with Gasteiger partial charge in [-0.1, -0.05) is 12.8 Å². The first kappa shape index (κ1) is 16.7. The number of amides is 1. The molecule has 2 fully saturated rings. The van der Waals surface area contributed by atoms with Crippen molar-refractivity contribution in [3.63, 3.8) is 0 Å². The molecule has 3 atom stereocenters. The number of carboxylic acids is 1. The number of aromatic nitrogens is 3. The predicted octanol–water partition coefficient (Wildman–Crippen LogP) is 2.26. The van der Waals surface area contributed by atoms with Gasteiger partial charge in [0.05, 0.1) is 0 Å². The molecule has 0 unspecified atom stereocenters. The van der Waals surface area contributed by atoms with Crippen LogP contribution in [-0.2, 0) is 4.79 Å². The Morgan fingerprint density at radius 1 is 1.23 bits per heavy atom. The van der Waals surface area contributed by atoms with Gasteiger partial charge in [0.2, 0.25) is 0 Å². The molecule has 4 rings (SSSR count). The first-order valence-corrected chi connectivity index (χ1v) is 8.76. The summed E-state index contributed by atoms with van der Waals surface area (Å²) in [5.41, 5.74) is 0.342. The number of hydrogen-bond donors (Lipinski definition) is 1. The number of nitrogens with zero attached hydrogens (tertiary/aromatic N) is 4. The van der Waals surface area contributed by atoms with E-state index in [1.54, 1.807) is 0 Å². The lowest BCUT2D eigenvalue weighted by molar-refractivity contribution is -0.141. The van der Waals surface area contributed by atoms with Gasteiger partial charge in [0, 0.05) is 11.6 Å². The van der Waals surface area contributed by atoms with Gasteiger partial charge in [-0.25, -0.2) is 18.9 Å². The number of rotatable bonds is 3. The van der Waals surface area contributed by atoms with E-state index in [9.17, 15) is 19.1 Å². The average Bonchev–Trinajstić information content (AvgIpc) is 3.28. The molecule has 1 amide bonds. The van der Waals surface area contributed by atoms with E-state index in [-0.39, 0.29) is 23.2 Å². The van der Waals surface area contributed by atoms with Crippen molar-refractivity contribution in [2.45, 2.75) is 44.2 Å². The fourth-order valence-electron chi connectivity index (χ4n) is 4.28. The first-order chi connectivity index (χ1) is 12.6. The van der Waals surface area contributed by atoms with Crippen LogP contribution in [0, 0.1) is 11.7 Å². The van der Waals surface area contributed by atoms with Crippen LogP contribution in [0.25, 0.3) is 5.69 Å². The van der Waals surface area contributed by atoms with Crippen LogP contribution in [0.5, 0.6) is 0 Å². The molecule has 1 aliphatic carbocycles. The highest BCUT2D eigenvalue weighted by atomic mass is 19.1. The second kappa shape index (κ2) is 6.51. The van der Waals surface area contributed by atoms with Gasteiger partial charge < -0.3 is 10.0 Å². The highest BCUT2D eigenvalue weighted by molar-refractivity contribution is 5.97. The lowest BCUT2D eigenvalue weighted by Crippen LogP contribution is -2.46. The Kier molecular flexibility index (Phi) is 4.18. The topological polar surface area (TPSA) is 88.3 Å². The molecule has 1 saturated heterocycles. The number of carbonyl (C=O) groups is 2. The second-order valence-electron chi connectivity index (χ2n) is 6.92. The fourth-order valence-corrected chi connectivity index (χ4v) is 4.28. The van der Waals surface area contributed by atoms with Crippen molar-refractivity contribution in [1.29, 1.82) is 0 Å². The molecule has 2 aliphatic rings. The highest BCUT2D eigenvalue weighted by Crippen LogP contribution is 2.40. The summed E-state index contributed by atoms with van der Waals surface area (Å²) in [6.07, 6.45) is 6.94. The predicted molar refractivity (Wildman–Crippen MR) is 89.3 cm³/mol. The molecule has 7 nitrogen and oxygen atoms in total. The van der Waals surface area contributed by atoms with Crippen LogP contribution in [0.4, 0.5) is 4.39 Å². The molecule has 1 aliphatic heterocycles. The van der Waals surface area contributed by atoms with Gasteiger partial charge in [-0.05, 0) is 43.4 Å². The van der Waals surface area contributed by atoms with Crippen LogP contribution in [-0.4, -0.2) is 48.7 Å². The van der Waals surface area contributed by atoms with E-state index < -0.39 is 23.7 Å². The van der Waals surface area contributed by atoms with Crippen molar-refractivity contribution in [3.05, 3.63) is 42.2 Å². The molecule has 2 heterocycles. The molecular formula is C18H19FN4O3. The molecule has 0 bridgehead atoms. The van der Waals surface area contributed by atoms with Gasteiger partial charge in [-0.3, -0.25) is 4.79 Å². The number of halogens is 1. The van der Waals surface area contributed by atoms with Gasteiger partial charge in [0.1, 0.15) is 30.2 Å². The zero-order valence-electron chi connectivity index (χ0n) is 14.1. The number of carbonyl (C=O) groups excluding carboxylic acids is 1. The van der Waals surface area contributed by atoms with Crippen molar-refractivity contribution in [2.75, 3.05) is 0 Å². The minimum absolute atomic E-state index is 0.0737. The van der Waals surface area contributed by atoms with E-state index in [1.807, 2.05) is 0 Å². The van der Waals surface area contributed by atoms with E-state index in [4.69, 9.17) is 0 Å². The third kappa shape index (κ3) is 2.75. The maximum atomic E-state index is 14.5. The monoisotopic (exact) mass is 358 g/mol. The number of benzene rings is 1. The minimum atomic E-state index is -0.993. The van der Waals surface area contributed by atoms with Crippen molar-refractivity contribution >= 4 is 11.9 Å². The maximum absolute atomic E-state index is 14.5. The van der Waals surface area contributed by atoms with Gasteiger partial charge >= 0.3 is 5.97 Å². The molecule has 8 heteroatoms. The Morgan fingerprint density at radius 3 is 2.73 bits per heavy atom. The highest BCUT2D eigenvalue weighted by Gasteiger charge is 2.47. The zero-order valence-corrected chi connectivity index (χ0v) is 14.1. The molecule has 1 aromatic heterocycles. The van der Waals surface area contributed by atoms with Gasteiger partial charge in [-0.2, -0.15) is 5.10 Å². The lowest BCUT2D eigenvalue weighted by Gasteiger charge is -2.33. The van der Waals surface area contributed by atoms with Gasteiger partial charge in [-0.15, -0.1) is 0 Å². The number of aliphatic carboxylic acids is 1. The third-order valence-electron chi connectivity index (χ3n) is 5.47. The Morgan fingerprint density at radius 2 is 2.04 bits per heavy atom. The van der Waals surface area contributed by atoms with Crippen LogP contribution in [0.1, 0.15) is 42.5 Å². The normalized spacial score (nSPS) is 25.1. The smallest absolute Gasteiger partial charge is 0.326 e. The molecular weight excluding hydrogens is 339 g/mol. The largest absolute Gasteiger partial charge is 0.480 e. The van der Waals surface area contributed by atoms with E-state index >= 15 is 0 Å². The lowest BCUT2D eigenvalue weighted by atomic mass is 9.84. The van der Waals surface area contributed by atoms with Crippen LogP contribution >= 0.6 is 0 Å². The molecule has 0 spiro atoms. The van der Waals surface area contributed by atoms with Crippen molar-refractivity contribution in [3.8, 4) is 5.69 Å². The second-order valence-corrected chi connectivity index (χ2v) is 6.92. The Labute approximate surface area is 149 Å². The molecule has 136 valence electrons. The maximum Gasteiger partial charge on any atom is 0.326 e. The van der Waals surface area contributed by atoms with Gasteiger partial charge in [0.25, 0.3) is 5.91 Å². The summed E-state index contributed by atoms with van der Waals surface area (Å²) in [5.74, 6) is -1.80. The van der Waals surface area contributed by atoms with E-state index in [0.29, 0.717) is 6.42 Å². The van der Waals surface area contributed by atoms with Gasteiger partial charge in [0.15, 0.2) is 0 Å². The molecule has 1 aromatic carbocycles. The summed E-state index contributed by atoms with van der Waals surface area (Å²) in [7, 11) is 0. The van der Waals surface area contributed by atoms with Crippen molar-refractivity contribution in [1.82, 2.24) is 19.7 Å². The number of hydrogen-bond acceptors (Lipinski definition) is 4. The summed E-state index contributed by atoms with van der Waals surface area (Å²) in [5, 5.41) is 13.4. The Bertz CT molecular complexity index is 839. The molecule has 1 saturated carbocycles. The molecule has 1 N–H and O–H groups in total. The first-order valence-electron chi connectivity index (χ1n) is 8.76. The standard InChI is InChI=1S/C18H19FN4O3/c19-13-7-12(5-6-15(13)22-10-20-9-21-22)17(24)23-14-4-2-1-3-11(14)8-16(23)18(25)26/h5-7,9-11,14,16H,1-4,8H2,(H,25,26)/t11-,14+,16+/m1/s1. The number of fused-ring (bicyclic) bond motifs is 1. The summed E-state index contributed by atoms with van der Waals surface area (Å²) in [6.45, 7) is 0. The van der Waals surface area contributed by atoms with E-state index in [0.717, 1.165) is 31.7 Å². The Balaban J connectivity index is 1.65. The molecule has 0 radical (unpaired) electrons. The van der Waals surface area contributed by atoms with Crippen LogP contribution in [0.15, 0.2) is 30.9 Å². The molecule has 2 aromatic rings. The Hall–Kier alpha value is -2.77. The quantitative estimate of drug-likeness (QED) is 0.909. The summed E-state index contributed by atoms with van der Waals surface area (Å²) in [6, 6.07) is 3.21. The number of carboxylic acid groups (broad SMARTS) is 1. The summed E-state index contributed by atoms with van der Waals surface area (Å²) in [4.78, 5) is 30.0. The van der Waals surface area contributed by atoms with Crippen LogP contribution in [0.3, 0.4) is 0 Å².